The quantitative estimate of drug-likeness (QED) is 0.101. The van der Waals surface area contributed by atoms with Crippen LogP contribution in [-0.4, -0.2) is 18.4 Å². The molecule has 0 bridgehead atoms. The summed E-state index contributed by atoms with van der Waals surface area (Å²) >= 11 is 0. The van der Waals surface area contributed by atoms with Crippen molar-refractivity contribution >= 4 is 11.8 Å². The van der Waals surface area contributed by atoms with E-state index in [9.17, 15) is 9.59 Å². The van der Waals surface area contributed by atoms with Crippen LogP contribution in [0.4, 0.5) is 0 Å². The fourth-order valence-corrected chi connectivity index (χ4v) is 6.19. The van der Waals surface area contributed by atoms with E-state index >= 15 is 0 Å². The molecule has 1 fully saturated rings. The Morgan fingerprint density at radius 1 is 0.806 bits per heavy atom. The molecule has 0 spiro atoms. The fraction of sp³-hybridized carbons (Fsp3) is 0.818. The van der Waals surface area contributed by atoms with Gasteiger partial charge in [-0.1, -0.05) is 122 Å². The van der Waals surface area contributed by atoms with Gasteiger partial charge in [-0.2, -0.15) is 0 Å². The summed E-state index contributed by atoms with van der Waals surface area (Å²) in [5.74, 6) is 1.05. The Morgan fingerprint density at radius 3 is 1.83 bits per heavy atom. The van der Waals surface area contributed by atoms with Crippen molar-refractivity contribution in [1.82, 2.24) is 0 Å². The van der Waals surface area contributed by atoms with Crippen LogP contribution in [0.1, 0.15) is 149 Å². The molecule has 3 atom stereocenters. The number of Topliss-reactive ketones (excluding diaryl/α,β-unsaturated/α-hetero) is 1. The second-order valence-corrected chi connectivity index (χ2v) is 11.8. The molecule has 0 saturated heterocycles. The lowest BCUT2D eigenvalue weighted by molar-refractivity contribution is -0.139. The van der Waals surface area contributed by atoms with Crippen molar-refractivity contribution < 1.29 is 14.3 Å². The lowest BCUT2D eigenvalue weighted by atomic mass is 9.86. The van der Waals surface area contributed by atoms with Gasteiger partial charge in [0.05, 0.1) is 6.61 Å². The summed E-state index contributed by atoms with van der Waals surface area (Å²) < 4.78 is 5.58. The zero-order valence-electron chi connectivity index (χ0n) is 24.0. The maximum absolute atomic E-state index is 12.6. The molecule has 36 heavy (non-hydrogen) atoms. The van der Waals surface area contributed by atoms with Crippen molar-refractivity contribution in [2.45, 2.75) is 149 Å². The van der Waals surface area contributed by atoms with E-state index < -0.39 is 0 Å². The third kappa shape index (κ3) is 10.9. The zero-order valence-corrected chi connectivity index (χ0v) is 24.0. The van der Waals surface area contributed by atoms with E-state index in [0.717, 1.165) is 37.7 Å². The van der Waals surface area contributed by atoms with E-state index in [1.54, 1.807) is 0 Å². The normalized spacial score (nSPS) is 22.0. The van der Waals surface area contributed by atoms with Crippen molar-refractivity contribution in [2.75, 3.05) is 6.61 Å². The minimum absolute atomic E-state index is 0.117. The molecule has 0 heterocycles. The van der Waals surface area contributed by atoms with Gasteiger partial charge in [0.25, 0.3) is 0 Å². The standard InChI is InChI=1S/C33H56O3/c1-5-6-7-8-9-10-11-12-13-14-15-16-17-18-19-20-23-36-33(35)27(3)29-22-21-26(2)30-25-32(34)28(4)31(30)24-29/h26,29-30H,3,5-25H2,1-2,4H3/t26?,29-,30?/m0/s1. The van der Waals surface area contributed by atoms with E-state index in [-0.39, 0.29) is 11.9 Å². The van der Waals surface area contributed by atoms with Crippen molar-refractivity contribution in [2.24, 2.45) is 17.8 Å². The van der Waals surface area contributed by atoms with Crippen molar-refractivity contribution in [1.29, 1.82) is 0 Å². The molecule has 0 amide bonds. The van der Waals surface area contributed by atoms with Crippen LogP contribution in [0.3, 0.4) is 0 Å². The predicted octanol–water partition coefficient (Wildman–Crippen LogP) is 9.69. The van der Waals surface area contributed by atoms with Gasteiger partial charge in [0.2, 0.25) is 0 Å². The monoisotopic (exact) mass is 500 g/mol. The number of carbonyl (C=O) groups excluding carboxylic acids is 2. The molecule has 0 aromatic carbocycles. The van der Waals surface area contributed by atoms with Crippen LogP contribution >= 0.6 is 0 Å². The molecule has 2 aliphatic carbocycles. The number of hydrogen-bond donors (Lipinski definition) is 0. The van der Waals surface area contributed by atoms with E-state index in [2.05, 4.69) is 20.4 Å². The topological polar surface area (TPSA) is 43.4 Å². The zero-order chi connectivity index (χ0) is 26.2. The maximum Gasteiger partial charge on any atom is 0.333 e. The predicted molar refractivity (Wildman–Crippen MR) is 152 cm³/mol. The Balaban J connectivity index is 1.45. The van der Waals surface area contributed by atoms with Crippen LogP contribution in [0, 0.1) is 17.8 Å². The van der Waals surface area contributed by atoms with Crippen LogP contribution in [-0.2, 0) is 14.3 Å². The minimum Gasteiger partial charge on any atom is -0.462 e. The van der Waals surface area contributed by atoms with E-state index in [0.29, 0.717) is 36.2 Å². The molecule has 3 heteroatoms. The third-order valence-corrected chi connectivity index (χ3v) is 8.86. The van der Waals surface area contributed by atoms with Crippen LogP contribution in [0.5, 0.6) is 0 Å². The summed E-state index contributed by atoms with van der Waals surface area (Å²) in [5.41, 5.74) is 2.83. The highest BCUT2D eigenvalue weighted by atomic mass is 16.5. The largest absolute Gasteiger partial charge is 0.462 e. The highest BCUT2D eigenvalue weighted by molar-refractivity contribution is 5.98. The number of esters is 1. The second-order valence-electron chi connectivity index (χ2n) is 11.8. The van der Waals surface area contributed by atoms with Gasteiger partial charge in [0.15, 0.2) is 5.78 Å². The van der Waals surface area contributed by atoms with Crippen LogP contribution in [0.25, 0.3) is 0 Å². The Morgan fingerprint density at radius 2 is 1.31 bits per heavy atom. The van der Waals surface area contributed by atoms with E-state index in [1.807, 2.05) is 6.92 Å². The molecule has 2 unspecified atom stereocenters. The van der Waals surface area contributed by atoms with Crippen molar-refractivity contribution in [3.63, 3.8) is 0 Å². The summed E-state index contributed by atoms with van der Waals surface area (Å²) in [6, 6.07) is 0. The van der Waals surface area contributed by atoms with Gasteiger partial charge in [0, 0.05) is 12.0 Å². The summed E-state index contributed by atoms with van der Waals surface area (Å²) in [6.07, 6.45) is 24.9. The van der Waals surface area contributed by atoms with Crippen LogP contribution in [0.15, 0.2) is 23.3 Å². The first-order chi connectivity index (χ1) is 17.5. The molecule has 206 valence electrons. The summed E-state index contributed by atoms with van der Waals surface area (Å²) in [4.78, 5) is 24.9. The lowest BCUT2D eigenvalue weighted by Gasteiger charge is -2.19. The molecule has 0 aromatic heterocycles. The van der Waals surface area contributed by atoms with E-state index in [1.165, 1.54) is 95.5 Å². The molecule has 1 saturated carbocycles. The number of hydrogen-bond acceptors (Lipinski definition) is 3. The van der Waals surface area contributed by atoms with Gasteiger partial charge in [0.1, 0.15) is 0 Å². The average molecular weight is 501 g/mol. The average Bonchev–Trinajstić information content (AvgIpc) is 3.05. The Kier molecular flexibility index (Phi) is 15.4. The molecule has 0 aliphatic heterocycles. The molecule has 2 rings (SSSR count). The first kappa shape index (κ1) is 30.8. The number of allylic oxidation sites excluding steroid dienone is 2. The minimum atomic E-state index is -0.227. The molecule has 2 aliphatic rings. The highest BCUT2D eigenvalue weighted by Crippen LogP contribution is 2.45. The Bertz CT molecular complexity index is 704. The number of ether oxygens (including phenoxy) is 1. The van der Waals surface area contributed by atoms with Gasteiger partial charge in [-0.15, -0.1) is 0 Å². The summed E-state index contributed by atoms with van der Waals surface area (Å²) in [7, 11) is 0. The number of rotatable bonds is 19. The number of fused-ring (bicyclic) bond motifs is 1. The fourth-order valence-electron chi connectivity index (χ4n) is 6.19. The number of carbonyl (C=O) groups is 2. The summed E-state index contributed by atoms with van der Waals surface area (Å²) in [5, 5.41) is 0. The van der Waals surface area contributed by atoms with Gasteiger partial charge < -0.3 is 4.74 Å². The molecular weight excluding hydrogens is 444 g/mol. The van der Waals surface area contributed by atoms with Gasteiger partial charge in [-0.05, 0) is 55.9 Å². The molecule has 3 nitrogen and oxygen atoms in total. The first-order valence-corrected chi connectivity index (χ1v) is 15.5. The maximum atomic E-state index is 12.6. The third-order valence-electron chi connectivity index (χ3n) is 8.86. The first-order valence-electron chi connectivity index (χ1n) is 15.5. The Hall–Kier alpha value is -1.38. The molecular formula is C33H56O3. The summed E-state index contributed by atoms with van der Waals surface area (Å²) in [6.45, 7) is 11.1. The van der Waals surface area contributed by atoms with Gasteiger partial charge >= 0.3 is 5.97 Å². The lowest BCUT2D eigenvalue weighted by Crippen LogP contribution is -2.16. The number of unbranched alkanes of at least 4 members (excludes halogenated alkanes) is 15. The highest BCUT2D eigenvalue weighted by Gasteiger charge is 2.38. The van der Waals surface area contributed by atoms with Crippen molar-refractivity contribution in [3.05, 3.63) is 23.3 Å². The Labute approximate surface area is 222 Å². The van der Waals surface area contributed by atoms with Gasteiger partial charge in [-0.25, -0.2) is 4.79 Å². The number of ketones is 1. The van der Waals surface area contributed by atoms with Crippen LogP contribution in [0.2, 0.25) is 0 Å². The second kappa shape index (κ2) is 18.0. The SMILES string of the molecule is C=C(C(=O)OCCCCCCCCCCCCCCCCCC)[C@H]1CCC(C)C2CC(=O)C(C)=C2C1. The molecule has 0 N–H and O–H groups in total. The van der Waals surface area contributed by atoms with Crippen LogP contribution < -0.4 is 0 Å². The smallest absolute Gasteiger partial charge is 0.333 e. The van der Waals surface area contributed by atoms with Crippen molar-refractivity contribution in [3.8, 4) is 0 Å². The molecule has 0 radical (unpaired) electrons. The van der Waals surface area contributed by atoms with Gasteiger partial charge in [-0.3, -0.25) is 4.79 Å². The molecule has 0 aromatic rings. The van der Waals surface area contributed by atoms with E-state index in [4.69, 9.17) is 4.74 Å².